The summed E-state index contributed by atoms with van der Waals surface area (Å²) in [5.74, 6) is -0.433. The van der Waals surface area contributed by atoms with Gasteiger partial charge < -0.3 is 9.64 Å². The highest BCUT2D eigenvalue weighted by Crippen LogP contribution is 2.27. The van der Waals surface area contributed by atoms with Crippen molar-refractivity contribution in [1.82, 2.24) is 4.90 Å². The van der Waals surface area contributed by atoms with E-state index in [9.17, 15) is 8.78 Å². The Kier molecular flexibility index (Phi) is 6.32. The van der Waals surface area contributed by atoms with Crippen LogP contribution in [0.3, 0.4) is 0 Å². The SMILES string of the molecule is N#CC1CCN(CCOC(c2ccc(F)cc2)c2ccc(F)cc2)CC1. The summed E-state index contributed by atoms with van der Waals surface area (Å²) in [6.45, 7) is 3.09. The Bertz CT molecular complexity index is 687. The number of nitrogens with zero attached hydrogens (tertiary/aromatic N) is 2. The molecule has 0 unspecified atom stereocenters. The standard InChI is InChI=1S/C21H22F2N2O/c22-19-5-1-17(2-6-19)21(18-3-7-20(23)8-4-18)26-14-13-25-11-9-16(15-24)10-12-25/h1-8,16,21H,9-14H2. The molecule has 1 saturated heterocycles. The van der Waals surface area contributed by atoms with Crippen molar-refractivity contribution in [1.29, 1.82) is 5.26 Å². The predicted molar refractivity (Wildman–Crippen MR) is 95.4 cm³/mol. The number of benzene rings is 2. The molecular formula is C21H22F2N2O. The van der Waals surface area contributed by atoms with Crippen LogP contribution in [-0.2, 0) is 4.74 Å². The first-order valence-electron chi connectivity index (χ1n) is 8.90. The maximum Gasteiger partial charge on any atom is 0.123 e. The zero-order chi connectivity index (χ0) is 18.4. The molecule has 0 bridgehead atoms. The van der Waals surface area contributed by atoms with Crippen LogP contribution in [0.1, 0.15) is 30.1 Å². The quantitative estimate of drug-likeness (QED) is 0.774. The normalized spacial score (nSPS) is 15.9. The van der Waals surface area contributed by atoms with Crippen molar-refractivity contribution in [2.45, 2.75) is 18.9 Å². The van der Waals surface area contributed by atoms with Crippen molar-refractivity contribution in [3.05, 3.63) is 71.3 Å². The molecule has 136 valence electrons. The van der Waals surface area contributed by atoms with Crippen LogP contribution in [0.15, 0.2) is 48.5 Å². The molecule has 0 N–H and O–H groups in total. The number of hydrogen-bond acceptors (Lipinski definition) is 3. The lowest BCUT2D eigenvalue weighted by molar-refractivity contribution is 0.0535. The number of hydrogen-bond donors (Lipinski definition) is 0. The minimum absolute atomic E-state index is 0.165. The Labute approximate surface area is 152 Å². The van der Waals surface area contributed by atoms with Gasteiger partial charge in [-0.1, -0.05) is 24.3 Å². The Balaban J connectivity index is 1.63. The molecule has 1 aliphatic heterocycles. The van der Waals surface area contributed by atoms with E-state index in [2.05, 4.69) is 11.0 Å². The van der Waals surface area contributed by atoms with E-state index in [1.54, 1.807) is 24.3 Å². The van der Waals surface area contributed by atoms with E-state index in [0.29, 0.717) is 6.61 Å². The van der Waals surface area contributed by atoms with E-state index < -0.39 is 0 Å². The molecule has 5 heteroatoms. The van der Waals surface area contributed by atoms with Crippen molar-refractivity contribution in [3.63, 3.8) is 0 Å². The van der Waals surface area contributed by atoms with E-state index in [1.165, 1.54) is 24.3 Å². The average molecular weight is 356 g/mol. The van der Waals surface area contributed by atoms with E-state index in [-0.39, 0.29) is 23.7 Å². The van der Waals surface area contributed by atoms with E-state index in [1.807, 2.05) is 0 Å². The minimum atomic E-state index is -0.368. The number of halogens is 2. The second kappa shape index (κ2) is 8.88. The Morgan fingerprint density at radius 1 is 0.962 bits per heavy atom. The molecule has 2 aromatic rings. The summed E-state index contributed by atoms with van der Waals surface area (Å²) >= 11 is 0. The summed E-state index contributed by atoms with van der Waals surface area (Å²) in [4.78, 5) is 2.29. The summed E-state index contributed by atoms with van der Waals surface area (Å²) in [7, 11) is 0. The molecule has 1 fully saturated rings. The lowest BCUT2D eigenvalue weighted by atomic mass is 9.99. The fraction of sp³-hybridized carbons (Fsp3) is 0.381. The Morgan fingerprint density at radius 2 is 1.46 bits per heavy atom. The summed E-state index contributed by atoms with van der Waals surface area (Å²) in [5.41, 5.74) is 1.67. The van der Waals surface area contributed by atoms with Crippen LogP contribution in [0.2, 0.25) is 0 Å². The third-order valence-corrected chi connectivity index (χ3v) is 4.81. The largest absolute Gasteiger partial charge is 0.367 e. The van der Waals surface area contributed by atoms with Gasteiger partial charge in [0.15, 0.2) is 0 Å². The monoisotopic (exact) mass is 356 g/mol. The molecule has 0 aliphatic carbocycles. The molecule has 1 aliphatic rings. The molecule has 0 spiro atoms. The zero-order valence-electron chi connectivity index (χ0n) is 14.6. The van der Waals surface area contributed by atoms with E-state index in [0.717, 1.165) is 43.6 Å². The van der Waals surface area contributed by atoms with E-state index in [4.69, 9.17) is 10.00 Å². The predicted octanol–water partition coefficient (Wildman–Crippen LogP) is 4.31. The summed E-state index contributed by atoms with van der Waals surface area (Å²) in [5, 5.41) is 8.97. The van der Waals surface area contributed by atoms with Crippen molar-refractivity contribution in [3.8, 4) is 6.07 Å². The van der Waals surface area contributed by atoms with Gasteiger partial charge in [-0.15, -0.1) is 0 Å². The second-order valence-corrected chi connectivity index (χ2v) is 6.60. The molecule has 1 heterocycles. The molecule has 26 heavy (non-hydrogen) atoms. The average Bonchev–Trinajstić information content (AvgIpc) is 2.68. The highest BCUT2D eigenvalue weighted by molar-refractivity contribution is 5.30. The molecule has 3 nitrogen and oxygen atoms in total. The van der Waals surface area contributed by atoms with Gasteiger partial charge in [-0.05, 0) is 61.3 Å². The van der Waals surface area contributed by atoms with Gasteiger partial charge >= 0.3 is 0 Å². The van der Waals surface area contributed by atoms with Gasteiger partial charge in [0.2, 0.25) is 0 Å². The van der Waals surface area contributed by atoms with Crippen molar-refractivity contribution < 1.29 is 13.5 Å². The smallest absolute Gasteiger partial charge is 0.123 e. The maximum atomic E-state index is 13.2. The third kappa shape index (κ3) is 4.87. The Hall–Kier alpha value is -2.29. The maximum absolute atomic E-state index is 13.2. The molecule has 0 amide bonds. The second-order valence-electron chi connectivity index (χ2n) is 6.60. The molecule has 0 aromatic heterocycles. The van der Waals surface area contributed by atoms with Gasteiger partial charge in [0, 0.05) is 12.5 Å². The van der Waals surface area contributed by atoms with Gasteiger partial charge in [-0.2, -0.15) is 5.26 Å². The van der Waals surface area contributed by atoms with Gasteiger partial charge in [0.1, 0.15) is 17.7 Å². The summed E-state index contributed by atoms with van der Waals surface area (Å²) in [6, 6.07) is 14.7. The molecular weight excluding hydrogens is 334 g/mol. The lowest BCUT2D eigenvalue weighted by Crippen LogP contribution is -2.35. The first-order chi connectivity index (χ1) is 12.7. The molecule has 0 atom stereocenters. The minimum Gasteiger partial charge on any atom is -0.367 e. The molecule has 3 rings (SSSR count). The first-order valence-corrected chi connectivity index (χ1v) is 8.90. The number of likely N-dealkylation sites (tertiary alicyclic amines) is 1. The highest BCUT2D eigenvalue weighted by Gasteiger charge is 2.20. The summed E-state index contributed by atoms with van der Waals surface area (Å²) in [6.07, 6.45) is 1.43. The van der Waals surface area contributed by atoms with Gasteiger partial charge in [-0.25, -0.2) is 8.78 Å². The van der Waals surface area contributed by atoms with Crippen LogP contribution in [0.4, 0.5) is 8.78 Å². The lowest BCUT2D eigenvalue weighted by Gasteiger charge is -2.29. The topological polar surface area (TPSA) is 36.3 Å². The van der Waals surface area contributed by atoms with Crippen LogP contribution >= 0.6 is 0 Å². The van der Waals surface area contributed by atoms with Crippen LogP contribution in [0.5, 0.6) is 0 Å². The van der Waals surface area contributed by atoms with Gasteiger partial charge in [-0.3, -0.25) is 0 Å². The number of piperidine rings is 1. The first kappa shape index (κ1) is 18.5. The number of rotatable bonds is 6. The van der Waals surface area contributed by atoms with Crippen LogP contribution in [0.25, 0.3) is 0 Å². The molecule has 0 radical (unpaired) electrons. The van der Waals surface area contributed by atoms with Crippen LogP contribution in [-0.4, -0.2) is 31.1 Å². The van der Waals surface area contributed by atoms with Crippen molar-refractivity contribution >= 4 is 0 Å². The molecule has 2 aromatic carbocycles. The van der Waals surface area contributed by atoms with Crippen LogP contribution < -0.4 is 0 Å². The zero-order valence-corrected chi connectivity index (χ0v) is 14.6. The Morgan fingerprint density at radius 3 is 1.92 bits per heavy atom. The van der Waals surface area contributed by atoms with Gasteiger partial charge in [0.05, 0.1) is 12.7 Å². The number of ether oxygens (including phenoxy) is 1. The highest BCUT2D eigenvalue weighted by atomic mass is 19.1. The van der Waals surface area contributed by atoms with Gasteiger partial charge in [0.25, 0.3) is 0 Å². The summed E-state index contributed by atoms with van der Waals surface area (Å²) < 4.78 is 32.6. The van der Waals surface area contributed by atoms with Crippen LogP contribution in [0, 0.1) is 28.9 Å². The van der Waals surface area contributed by atoms with Crippen molar-refractivity contribution in [2.24, 2.45) is 5.92 Å². The molecule has 0 saturated carbocycles. The van der Waals surface area contributed by atoms with Crippen molar-refractivity contribution in [2.75, 3.05) is 26.2 Å². The third-order valence-electron chi connectivity index (χ3n) is 4.81. The number of nitriles is 1. The van der Waals surface area contributed by atoms with E-state index >= 15 is 0 Å². The fourth-order valence-corrected chi connectivity index (χ4v) is 3.25. The fourth-order valence-electron chi connectivity index (χ4n) is 3.25.